The van der Waals surface area contributed by atoms with Crippen molar-refractivity contribution in [2.24, 2.45) is 0 Å². The van der Waals surface area contributed by atoms with Gasteiger partial charge in [-0.2, -0.15) is 0 Å². The van der Waals surface area contributed by atoms with Crippen LogP contribution in [0.5, 0.6) is 0 Å². The first-order valence-electron chi connectivity index (χ1n) is 8.32. The number of anilines is 1. The number of hydrogen-bond acceptors (Lipinski definition) is 3. The summed E-state index contributed by atoms with van der Waals surface area (Å²) in [5.41, 5.74) is 8.54. The number of pyridine rings is 1. The van der Waals surface area contributed by atoms with Gasteiger partial charge in [0.15, 0.2) is 0 Å². The molecule has 0 aliphatic rings. The minimum absolute atomic E-state index is 0.00547. The van der Waals surface area contributed by atoms with Crippen LogP contribution in [0, 0.1) is 0 Å². The number of nitrogens with zero attached hydrogens (tertiary/aromatic N) is 2. The van der Waals surface area contributed by atoms with E-state index < -0.39 is 0 Å². The summed E-state index contributed by atoms with van der Waals surface area (Å²) in [6, 6.07) is 13.8. The third-order valence-electron chi connectivity index (χ3n) is 4.34. The fourth-order valence-corrected chi connectivity index (χ4v) is 2.93. The maximum Gasteiger partial charge on any atom is 0.246 e. The highest BCUT2D eigenvalue weighted by molar-refractivity contribution is 5.92. The number of amides is 1. The van der Waals surface area contributed by atoms with E-state index in [-0.39, 0.29) is 11.9 Å². The molecule has 3 aromatic rings. The van der Waals surface area contributed by atoms with Crippen molar-refractivity contribution in [3.63, 3.8) is 0 Å². The summed E-state index contributed by atoms with van der Waals surface area (Å²) in [7, 11) is 1.83. The third-order valence-corrected chi connectivity index (χ3v) is 4.34. The van der Waals surface area contributed by atoms with Crippen molar-refractivity contribution in [3.05, 3.63) is 66.0 Å². The van der Waals surface area contributed by atoms with Crippen molar-refractivity contribution in [1.82, 2.24) is 14.9 Å². The number of rotatable bonds is 5. The van der Waals surface area contributed by atoms with Crippen molar-refractivity contribution in [2.75, 3.05) is 12.8 Å². The summed E-state index contributed by atoms with van der Waals surface area (Å²) >= 11 is 0. The molecule has 0 aliphatic carbocycles. The minimum Gasteiger partial charge on any atom is -0.384 e. The highest BCUT2D eigenvalue weighted by atomic mass is 16.2. The Balaban J connectivity index is 1.77. The van der Waals surface area contributed by atoms with Crippen molar-refractivity contribution >= 4 is 28.7 Å². The van der Waals surface area contributed by atoms with Gasteiger partial charge in [0.25, 0.3) is 0 Å². The minimum atomic E-state index is -0.0534. The molecule has 0 saturated heterocycles. The monoisotopic (exact) mass is 334 g/mol. The Morgan fingerprint density at radius 3 is 2.80 bits per heavy atom. The van der Waals surface area contributed by atoms with Gasteiger partial charge in [-0.1, -0.05) is 25.1 Å². The zero-order valence-electron chi connectivity index (χ0n) is 14.4. The lowest BCUT2D eigenvalue weighted by Gasteiger charge is -2.25. The number of hydrogen-bond donors (Lipinski definition) is 2. The highest BCUT2D eigenvalue weighted by Crippen LogP contribution is 2.26. The van der Waals surface area contributed by atoms with E-state index in [1.54, 1.807) is 29.3 Å². The fourth-order valence-electron chi connectivity index (χ4n) is 2.93. The molecule has 1 aromatic carbocycles. The summed E-state index contributed by atoms with van der Waals surface area (Å²) in [6.07, 6.45) is 5.79. The molecule has 128 valence electrons. The molecule has 25 heavy (non-hydrogen) atoms. The first-order chi connectivity index (χ1) is 12.1. The van der Waals surface area contributed by atoms with Gasteiger partial charge in [-0.05, 0) is 47.7 Å². The predicted octanol–water partition coefficient (Wildman–Crippen LogP) is 3.77. The molecule has 1 atom stereocenters. The first kappa shape index (κ1) is 16.8. The lowest BCUT2D eigenvalue weighted by Crippen LogP contribution is -2.29. The fraction of sp³-hybridized carbons (Fsp3) is 0.200. The standard InChI is InChI=1S/C20H22N4O/c1-3-18(17-12-15-6-4-5-7-16(15)23-17)24(2)20(25)11-9-14-8-10-19(21)22-13-14/h4-13,18,23H,3H2,1-2H3,(H2,21,22). The highest BCUT2D eigenvalue weighted by Gasteiger charge is 2.20. The van der Waals surface area contributed by atoms with Crippen LogP contribution in [0.3, 0.4) is 0 Å². The molecule has 3 N–H and O–H groups in total. The molecular formula is C20H22N4O. The number of aromatic amines is 1. The number of carbonyl (C=O) groups is 1. The number of nitrogen functional groups attached to an aromatic ring is 1. The van der Waals surface area contributed by atoms with Crippen LogP contribution < -0.4 is 5.73 Å². The maximum atomic E-state index is 12.6. The van der Waals surface area contributed by atoms with Crippen molar-refractivity contribution in [1.29, 1.82) is 0 Å². The smallest absolute Gasteiger partial charge is 0.246 e. The topological polar surface area (TPSA) is 75.0 Å². The number of likely N-dealkylation sites (N-methyl/N-ethyl adjacent to an activating group) is 1. The van der Waals surface area contributed by atoms with E-state index >= 15 is 0 Å². The normalized spacial score (nSPS) is 12.6. The number of H-pyrrole nitrogens is 1. The van der Waals surface area contributed by atoms with Crippen LogP contribution in [0.25, 0.3) is 17.0 Å². The zero-order valence-corrected chi connectivity index (χ0v) is 14.4. The number of aromatic nitrogens is 2. The Hall–Kier alpha value is -3.08. The van der Waals surface area contributed by atoms with E-state index in [9.17, 15) is 4.79 Å². The van der Waals surface area contributed by atoms with Gasteiger partial charge in [-0.15, -0.1) is 0 Å². The summed E-state index contributed by atoms with van der Waals surface area (Å²) in [4.78, 5) is 21.8. The van der Waals surface area contributed by atoms with Crippen LogP contribution in [0.2, 0.25) is 0 Å². The average Bonchev–Trinajstić information content (AvgIpc) is 3.05. The van der Waals surface area contributed by atoms with Crippen molar-refractivity contribution < 1.29 is 4.79 Å². The van der Waals surface area contributed by atoms with Crippen LogP contribution >= 0.6 is 0 Å². The van der Waals surface area contributed by atoms with Gasteiger partial charge in [0.1, 0.15) is 5.82 Å². The first-order valence-corrected chi connectivity index (χ1v) is 8.32. The third kappa shape index (κ3) is 3.71. The summed E-state index contributed by atoms with van der Waals surface area (Å²) in [5, 5.41) is 1.15. The quantitative estimate of drug-likeness (QED) is 0.698. The SMILES string of the molecule is CCC(c1cc2ccccc2[nH]1)N(C)C(=O)C=Cc1ccc(N)nc1. The van der Waals surface area contributed by atoms with E-state index in [1.165, 1.54) is 0 Å². The Morgan fingerprint density at radius 1 is 1.32 bits per heavy atom. The number of benzene rings is 1. The van der Waals surface area contributed by atoms with Gasteiger partial charge in [-0.25, -0.2) is 4.98 Å². The van der Waals surface area contributed by atoms with Gasteiger partial charge in [0.05, 0.1) is 6.04 Å². The molecule has 0 radical (unpaired) electrons. The predicted molar refractivity (Wildman–Crippen MR) is 102 cm³/mol. The van der Waals surface area contributed by atoms with E-state index in [0.717, 1.165) is 28.6 Å². The molecule has 5 heteroatoms. The molecular weight excluding hydrogens is 312 g/mol. The van der Waals surface area contributed by atoms with Gasteiger partial charge in [0.2, 0.25) is 5.91 Å². The number of carbonyl (C=O) groups excluding carboxylic acids is 1. The summed E-state index contributed by atoms with van der Waals surface area (Å²) in [5.74, 6) is 0.410. The number of fused-ring (bicyclic) bond motifs is 1. The summed E-state index contributed by atoms with van der Waals surface area (Å²) in [6.45, 7) is 2.08. The zero-order chi connectivity index (χ0) is 17.8. The molecule has 3 rings (SSSR count). The second kappa shape index (κ2) is 7.21. The number of nitrogens with two attached hydrogens (primary N) is 1. The van der Waals surface area contributed by atoms with Gasteiger partial charge < -0.3 is 15.6 Å². The Morgan fingerprint density at radius 2 is 2.12 bits per heavy atom. The maximum absolute atomic E-state index is 12.6. The lowest BCUT2D eigenvalue weighted by atomic mass is 10.1. The molecule has 0 spiro atoms. The molecule has 0 aliphatic heterocycles. The lowest BCUT2D eigenvalue weighted by molar-refractivity contribution is -0.127. The molecule has 5 nitrogen and oxygen atoms in total. The van der Waals surface area contributed by atoms with Gasteiger partial charge in [0, 0.05) is 30.5 Å². The second-order valence-corrected chi connectivity index (χ2v) is 6.03. The molecule has 1 amide bonds. The van der Waals surface area contributed by atoms with E-state index in [4.69, 9.17) is 5.73 Å². The molecule has 0 saturated carbocycles. The molecule has 0 fully saturated rings. The van der Waals surface area contributed by atoms with Crippen LogP contribution in [0.4, 0.5) is 5.82 Å². The Kier molecular flexibility index (Phi) is 4.84. The molecule has 2 heterocycles. The Labute approximate surface area is 147 Å². The van der Waals surface area contributed by atoms with Crippen molar-refractivity contribution in [3.8, 4) is 0 Å². The molecule has 0 bridgehead atoms. The Bertz CT molecular complexity index is 862. The van der Waals surface area contributed by atoms with Crippen LogP contribution in [0.15, 0.2) is 54.7 Å². The van der Waals surface area contributed by atoms with Gasteiger partial charge >= 0.3 is 0 Å². The van der Waals surface area contributed by atoms with Crippen LogP contribution in [-0.2, 0) is 4.79 Å². The number of para-hydroxylation sites is 1. The average molecular weight is 334 g/mol. The number of nitrogens with one attached hydrogen (secondary N) is 1. The van der Waals surface area contributed by atoms with E-state index in [2.05, 4.69) is 29.0 Å². The second-order valence-electron chi connectivity index (χ2n) is 6.03. The molecule has 2 aromatic heterocycles. The largest absolute Gasteiger partial charge is 0.384 e. The van der Waals surface area contributed by atoms with E-state index in [0.29, 0.717) is 5.82 Å². The van der Waals surface area contributed by atoms with E-state index in [1.807, 2.05) is 31.3 Å². The van der Waals surface area contributed by atoms with Crippen LogP contribution in [0.1, 0.15) is 30.6 Å². The summed E-state index contributed by atoms with van der Waals surface area (Å²) < 4.78 is 0. The van der Waals surface area contributed by atoms with Crippen molar-refractivity contribution in [2.45, 2.75) is 19.4 Å². The molecule has 1 unspecified atom stereocenters. The van der Waals surface area contributed by atoms with Crippen LogP contribution in [-0.4, -0.2) is 27.8 Å². The van der Waals surface area contributed by atoms with Gasteiger partial charge in [-0.3, -0.25) is 4.79 Å².